The minimum absolute atomic E-state index is 0.0588. The molecule has 104 valence electrons. The van der Waals surface area contributed by atoms with Crippen molar-refractivity contribution in [2.75, 3.05) is 13.1 Å². The number of halogens is 1. The Morgan fingerprint density at radius 3 is 2.68 bits per heavy atom. The first-order valence-corrected chi connectivity index (χ1v) is 7.15. The lowest BCUT2D eigenvalue weighted by atomic mass is 9.83. The normalized spacial score (nSPS) is 19.4. The van der Waals surface area contributed by atoms with E-state index in [0.717, 1.165) is 18.5 Å². The van der Waals surface area contributed by atoms with Gasteiger partial charge in [-0.15, -0.1) is 0 Å². The van der Waals surface area contributed by atoms with Crippen LogP contribution in [0.25, 0.3) is 0 Å². The molecule has 1 aliphatic rings. The Kier molecular flexibility index (Phi) is 4.48. The maximum absolute atomic E-state index is 12.3. The molecular weight excluding hydrogens is 260 g/mol. The number of carbonyl (C=O) groups is 1. The van der Waals surface area contributed by atoms with Crippen LogP contribution in [0.5, 0.6) is 0 Å². The molecule has 0 radical (unpaired) electrons. The Morgan fingerprint density at radius 2 is 2.11 bits per heavy atom. The zero-order valence-corrected chi connectivity index (χ0v) is 12.3. The first-order valence-electron chi connectivity index (χ1n) is 6.78. The molecule has 1 aromatic carbocycles. The van der Waals surface area contributed by atoms with Crippen LogP contribution in [0.1, 0.15) is 32.3 Å². The summed E-state index contributed by atoms with van der Waals surface area (Å²) in [5.41, 5.74) is 0.442. The smallest absolute Gasteiger partial charge is 0.230 e. The van der Waals surface area contributed by atoms with E-state index in [4.69, 9.17) is 11.6 Å². The van der Waals surface area contributed by atoms with E-state index in [2.05, 4.69) is 10.6 Å². The molecule has 2 N–H and O–H groups in total. The summed E-state index contributed by atoms with van der Waals surface area (Å²) in [5.74, 6) is 0.0588. The molecule has 1 fully saturated rings. The summed E-state index contributed by atoms with van der Waals surface area (Å²) in [7, 11) is 0. The second-order valence-electron chi connectivity index (χ2n) is 5.64. The lowest BCUT2D eigenvalue weighted by Crippen LogP contribution is -2.45. The molecule has 1 aliphatic heterocycles. The van der Waals surface area contributed by atoms with Gasteiger partial charge < -0.3 is 10.6 Å². The third-order valence-electron chi connectivity index (χ3n) is 3.80. The first kappa shape index (κ1) is 14.4. The molecule has 1 unspecified atom stereocenters. The maximum Gasteiger partial charge on any atom is 0.230 e. The Morgan fingerprint density at radius 1 is 1.42 bits per heavy atom. The number of carbonyl (C=O) groups excluding carboxylic acids is 1. The molecule has 4 heteroatoms. The van der Waals surface area contributed by atoms with Crippen LogP contribution >= 0.6 is 11.6 Å². The van der Waals surface area contributed by atoms with Crippen LogP contribution in [0.3, 0.4) is 0 Å². The number of rotatable bonds is 4. The van der Waals surface area contributed by atoms with Gasteiger partial charge in [-0.05, 0) is 50.9 Å². The minimum atomic E-state index is -0.538. The zero-order chi connectivity index (χ0) is 13.9. The third kappa shape index (κ3) is 3.48. The SMILES string of the molecule is CC(C)(C(=O)NCC1CCCN1)c1ccc(Cl)cc1. The summed E-state index contributed by atoms with van der Waals surface area (Å²) >= 11 is 5.88. The van der Waals surface area contributed by atoms with Gasteiger partial charge in [-0.2, -0.15) is 0 Å². The molecule has 0 bridgehead atoms. The molecule has 1 saturated heterocycles. The highest BCUT2D eigenvalue weighted by Gasteiger charge is 2.30. The van der Waals surface area contributed by atoms with Crippen molar-refractivity contribution in [1.29, 1.82) is 0 Å². The molecule has 3 nitrogen and oxygen atoms in total. The lowest BCUT2D eigenvalue weighted by Gasteiger charge is -2.25. The van der Waals surface area contributed by atoms with Crippen molar-refractivity contribution in [1.82, 2.24) is 10.6 Å². The first-order chi connectivity index (χ1) is 9.00. The van der Waals surface area contributed by atoms with Gasteiger partial charge in [0.05, 0.1) is 5.41 Å². The Hall–Kier alpha value is -1.06. The van der Waals surface area contributed by atoms with Crippen LogP contribution in [-0.2, 0) is 10.2 Å². The fourth-order valence-electron chi connectivity index (χ4n) is 2.37. The van der Waals surface area contributed by atoms with Crippen LogP contribution in [0, 0.1) is 0 Å². The molecular formula is C15H21ClN2O. The summed E-state index contributed by atoms with van der Waals surface area (Å²) in [5, 5.41) is 7.11. The topological polar surface area (TPSA) is 41.1 Å². The molecule has 1 aromatic rings. The van der Waals surface area contributed by atoms with E-state index in [1.54, 1.807) is 0 Å². The van der Waals surface area contributed by atoms with Crippen LogP contribution in [0.15, 0.2) is 24.3 Å². The van der Waals surface area contributed by atoms with Crippen molar-refractivity contribution in [2.24, 2.45) is 0 Å². The highest BCUT2D eigenvalue weighted by Crippen LogP contribution is 2.24. The molecule has 2 rings (SSSR count). The van der Waals surface area contributed by atoms with E-state index in [0.29, 0.717) is 17.6 Å². The van der Waals surface area contributed by atoms with Crippen molar-refractivity contribution < 1.29 is 4.79 Å². The van der Waals surface area contributed by atoms with E-state index >= 15 is 0 Å². The number of hydrogen-bond acceptors (Lipinski definition) is 2. The molecule has 0 saturated carbocycles. The Balaban J connectivity index is 1.97. The van der Waals surface area contributed by atoms with Crippen molar-refractivity contribution in [3.63, 3.8) is 0 Å². The van der Waals surface area contributed by atoms with Crippen LogP contribution in [0.4, 0.5) is 0 Å². The average molecular weight is 281 g/mol. The van der Waals surface area contributed by atoms with Gasteiger partial charge in [-0.3, -0.25) is 4.79 Å². The van der Waals surface area contributed by atoms with Crippen molar-refractivity contribution in [3.8, 4) is 0 Å². The minimum Gasteiger partial charge on any atom is -0.354 e. The molecule has 0 aromatic heterocycles. The van der Waals surface area contributed by atoms with E-state index in [1.807, 2.05) is 38.1 Å². The predicted molar refractivity (Wildman–Crippen MR) is 78.5 cm³/mol. The quantitative estimate of drug-likeness (QED) is 0.890. The fraction of sp³-hybridized carbons (Fsp3) is 0.533. The lowest BCUT2D eigenvalue weighted by molar-refractivity contribution is -0.125. The third-order valence-corrected chi connectivity index (χ3v) is 4.06. The van der Waals surface area contributed by atoms with Crippen molar-refractivity contribution in [2.45, 2.75) is 38.1 Å². The summed E-state index contributed by atoms with van der Waals surface area (Å²) in [6.45, 7) is 5.64. The largest absolute Gasteiger partial charge is 0.354 e. The van der Waals surface area contributed by atoms with E-state index < -0.39 is 5.41 Å². The zero-order valence-electron chi connectivity index (χ0n) is 11.5. The molecule has 1 atom stereocenters. The highest BCUT2D eigenvalue weighted by atomic mass is 35.5. The summed E-state index contributed by atoms with van der Waals surface area (Å²) < 4.78 is 0. The molecule has 1 amide bonds. The predicted octanol–water partition coefficient (Wildman–Crippen LogP) is 2.49. The van der Waals surface area contributed by atoms with Gasteiger partial charge in [-0.1, -0.05) is 23.7 Å². The van der Waals surface area contributed by atoms with Crippen LogP contribution < -0.4 is 10.6 Å². The molecule has 19 heavy (non-hydrogen) atoms. The van der Waals surface area contributed by atoms with Gasteiger partial charge in [-0.25, -0.2) is 0 Å². The molecule has 0 aliphatic carbocycles. The number of benzene rings is 1. The summed E-state index contributed by atoms with van der Waals surface area (Å²) in [6, 6.07) is 7.89. The van der Waals surface area contributed by atoms with E-state index in [9.17, 15) is 4.79 Å². The Bertz CT molecular complexity index is 436. The monoisotopic (exact) mass is 280 g/mol. The average Bonchev–Trinajstić information content (AvgIpc) is 2.89. The highest BCUT2D eigenvalue weighted by molar-refractivity contribution is 6.30. The summed E-state index contributed by atoms with van der Waals surface area (Å²) in [4.78, 5) is 12.3. The molecule has 1 heterocycles. The van der Waals surface area contributed by atoms with Crippen LogP contribution in [-0.4, -0.2) is 25.0 Å². The van der Waals surface area contributed by atoms with Crippen molar-refractivity contribution in [3.05, 3.63) is 34.9 Å². The second kappa shape index (κ2) is 5.93. The fourth-order valence-corrected chi connectivity index (χ4v) is 2.49. The van der Waals surface area contributed by atoms with Gasteiger partial charge >= 0.3 is 0 Å². The number of nitrogens with one attached hydrogen (secondary N) is 2. The maximum atomic E-state index is 12.3. The van der Waals surface area contributed by atoms with Gasteiger partial charge in [0.2, 0.25) is 5.91 Å². The Labute approximate surface area is 119 Å². The van der Waals surface area contributed by atoms with E-state index in [1.165, 1.54) is 6.42 Å². The van der Waals surface area contributed by atoms with Gasteiger partial charge in [0.1, 0.15) is 0 Å². The molecule has 0 spiro atoms. The number of amides is 1. The second-order valence-corrected chi connectivity index (χ2v) is 6.07. The van der Waals surface area contributed by atoms with Gasteiger partial charge in [0, 0.05) is 17.6 Å². The summed E-state index contributed by atoms with van der Waals surface area (Å²) in [6.07, 6.45) is 2.34. The standard InChI is InChI=1S/C15H21ClN2O/c1-15(2,11-5-7-12(16)8-6-11)14(19)18-10-13-4-3-9-17-13/h5-8,13,17H,3-4,9-10H2,1-2H3,(H,18,19). The van der Waals surface area contributed by atoms with Gasteiger partial charge in [0.15, 0.2) is 0 Å². The van der Waals surface area contributed by atoms with Crippen LogP contribution in [0.2, 0.25) is 5.02 Å². The number of hydrogen-bond donors (Lipinski definition) is 2. The van der Waals surface area contributed by atoms with Gasteiger partial charge in [0.25, 0.3) is 0 Å². The van der Waals surface area contributed by atoms with Crippen molar-refractivity contribution >= 4 is 17.5 Å². The van der Waals surface area contributed by atoms with E-state index in [-0.39, 0.29) is 5.91 Å².